The van der Waals surface area contributed by atoms with Gasteiger partial charge < -0.3 is 9.47 Å². The molecule has 0 bridgehead atoms. The van der Waals surface area contributed by atoms with Gasteiger partial charge in [-0.3, -0.25) is 0 Å². The van der Waals surface area contributed by atoms with Gasteiger partial charge in [0.05, 0.1) is 11.6 Å². The summed E-state index contributed by atoms with van der Waals surface area (Å²) < 4.78 is 2.52. The van der Waals surface area contributed by atoms with E-state index in [1.807, 2.05) is 0 Å². The van der Waals surface area contributed by atoms with E-state index < -0.39 is 0 Å². The lowest BCUT2D eigenvalue weighted by Crippen LogP contribution is -2.28. The maximum Gasteiger partial charge on any atom is 0.0629 e. The Morgan fingerprint density at radius 3 is 2.50 bits per heavy atom. The number of fused-ring (bicyclic) bond motifs is 6. The molecule has 8 rings (SSSR count). The number of allylic oxidation sites excluding steroid dienone is 9. The van der Waals surface area contributed by atoms with Gasteiger partial charge in [0, 0.05) is 46.1 Å². The number of benzene rings is 3. The Balaban J connectivity index is 1.14. The minimum absolute atomic E-state index is 0.336. The predicted molar refractivity (Wildman–Crippen MR) is 170 cm³/mol. The number of hydrogen-bond acceptors (Lipinski definition) is 1. The van der Waals surface area contributed by atoms with Crippen LogP contribution in [0.4, 0.5) is 11.4 Å². The van der Waals surface area contributed by atoms with Crippen molar-refractivity contribution >= 4 is 39.6 Å². The number of hydrogen-bond donors (Lipinski definition) is 0. The van der Waals surface area contributed by atoms with Crippen molar-refractivity contribution < 1.29 is 0 Å². The molecule has 0 amide bonds. The van der Waals surface area contributed by atoms with E-state index in [0.717, 1.165) is 12.8 Å². The molecule has 3 unspecified atom stereocenters. The molecule has 2 heteroatoms. The molecule has 1 aromatic heterocycles. The molecule has 2 nitrogen and oxygen atoms in total. The van der Waals surface area contributed by atoms with Gasteiger partial charge in [-0.25, -0.2) is 0 Å². The second-order valence-corrected chi connectivity index (χ2v) is 11.4. The quantitative estimate of drug-likeness (QED) is 0.263. The summed E-state index contributed by atoms with van der Waals surface area (Å²) in [5, 5.41) is 1.34. The molecule has 194 valence electrons. The van der Waals surface area contributed by atoms with Crippen LogP contribution >= 0.6 is 0 Å². The Bertz CT molecular complexity index is 1820. The zero-order valence-corrected chi connectivity index (χ0v) is 22.7. The van der Waals surface area contributed by atoms with Gasteiger partial charge >= 0.3 is 0 Å². The molecule has 1 aliphatic heterocycles. The highest BCUT2D eigenvalue weighted by atomic mass is 15.2. The van der Waals surface area contributed by atoms with E-state index in [-0.39, 0.29) is 0 Å². The van der Waals surface area contributed by atoms with Gasteiger partial charge in [0.2, 0.25) is 0 Å². The van der Waals surface area contributed by atoms with Gasteiger partial charge in [0.1, 0.15) is 0 Å². The lowest BCUT2D eigenvalue weighted by atomic mass is 9.86. The molecular formula is C38H32N2. The second kappa shape index (κ2) is 9.27. The van der Waals surface area contributed by atoms with Crippen LogP contribution in [0.25, 0.3) is 28.2 Å². The fourth-order valence-corrected chi connectivity index (χ4v) is 7.24. The van der Waals surface area contributed by atoms with Gasteiger partial charge in [0.25, 0.3) is 0 Å². The van der Waals surface area contributed by atoms with E-state index in [9.17, 15) is 0 Å². The standard InChI is InChI=1S/C38H32N2/c1-26-25-29(40-37-15-4-2-3-11-31(37)34-14-7-10-18-38(34)40)23-24-30(26)27-19-21-28(22-20-27)39-35-16-8-5-12-32(35)33-13-6-9-17-36(33)39/h2-14,16-24,26,32,35H,15,25H2,1H3. The monoisotopic (exact) mass is 516 g/mol. The van der Waals surface area contributed by atoms with Crippen LogP contribution in [0.15, 0.2) is 127 Å². The highest BCUT2D eigenvalue weighted by Crippen LogP contribution is 2.48. The average molecular weight is 517 g/mol. The zero-order chi connectivity index (χ0) is 26.6. The highest BCUT2D eigenvalue weighted by molar-refractivity contribution is 5.95. The number of rotatable bonds is 3. The smallest absolute Gasteiger partial charge is 0.0629 e. The molecule has 3 aromatic carbocycles. The van der Waals surface area contributed by atoms with Crippen LogP contribution in [0, 0.1) is 5.92 Å². The molecule has 0 spiro atoms. The van der Waals surface area contributed by atoms with E-state index in [2.05, 4.69) is 150 Å². The van der Waals surface area contributed by atoms with Crippen LogP contribution in [0.2, 0.25) is 0 Å². The first-order valence-corrected chi connectivity index (χ1v) is 14.5. The summed E-state index contributed by atoms with van der Waals surface area (Å²) in [6.45, 7) is 2.37. The van der Waals surface area contributed by atoms with Crippen LogP contribution < -0.4 is 4.90 Å². The Labute approximate surface area is 236 Å². The molecule has 0 N–H and O–H groups in total. The molecule has 4 aromatic rings. The third kappa shape index (κ3) is 3.56. The van der Waals surface area contributed by atoms with Crippen molar-refractivity contribution in [3.8, 4) is 0 Å². The van der Waals surface area contributed by atoms with E-state index in [0.29, 0.717) is 17.9 Å². The molecule has 3 aliphatic carbocycles. The zero-order valence-electron chi connectivity index (χ0n) is 22.7. The minimum atomic E-state index is 0.336. The normalized spacial score (nSPS) is 22.5. The minimum Gasteiger partial charge on any atom is -0.333 e. The topological polar surface area (TPSA) is 8.17 Å². The van der Waals surface area contributed by atoms with Crippen molar-refractivity contribution in [2.24, 2.45) is 5.92 Å². The largest absolute Gasteiger partial charge is 0.333 e. The summed E-state index contributed by atoms with van der Waals surface area (Å²) in [5.74, 6) is 0.846. The van der Waals surface area contributed by atoms with Crippen molar-refractivity contribution in [1.29, 1.82) is 0 Å². The molecule has 0 saturated heterocycles. The Morgan fingerprint density at radius 2 is 1.60 bits per heavy atom. The first kappa shape index (κ1) is 23.3. The summed E-state index contributed by atoms with van der Waals surface area (Å²) in [6, 6.07) is 27.3. The maximum absolute atomic E-state index is 2.52. The third-order valence-electron chi connectivity index (χ3n) is 9.06. The summed E-state index contributed by atoms with van der Waals surface area (Å²) >= 11 is 0. The van der Waals surface area contributed by atoms with Gasteiger partial charge in [-0.05, 0) is 59.4 Å². The van der Waals surface area contributed by atoms with Crippen LogP contribution in [0.5, 0.6) is 0 Å². The van der Waals surface area contributed by atoms with Crippen molar-refractivity contribution in [3.05, 3.63) is 150 Å². The van der Waals surface area contributed by atoms with Gasteiger partial charge in [-0.2, -0.15) is 0 Å². The van der Waals surface area contributed by atoms with Crippen molar-refractivity contribution in [3.63, 3.8) is 0 Å². The molecule has 0 fully saturated rings. The Morgan fingerprint density at radius 1 is 0.775 bits per heavy atom. The van der Waals surface area contributed by atoms with E-state index in [1.165, 1.54) is 55.9 Å². The van der Waals surface area contributed by atoms with E-state index >= 15 is 0 Å². The van der Waals surface area contributed by atoms with E-state index in [4.69, 9.17) is 0 Å². The first-order chi connectivity index (χ1) is 19.8. The summed E-state index contributed by atoms with van der Waals surface area (Å²) in [7, 11) is 0. The number of nitrogens with zero attached hydrogens (tertiary/aromatic N) is 2. The average Bonchev–Trinajstić information content (AvgIpc) is 3.38. The van der Waals surface area contributed by atoms with Gasteiger partial charge in [-0.1, -0.05) is 110 Å². The second-order valence-electron chi connectivity index (χ2n) is 11.4. The number of aromatic nitrogens is 1. The highest BCUT2D eigenvalue weighted by Gasteiger charge is 2.37. The number of para-hydroxylation sites is 2. The predicted octanol–water partition coefficient (Wildman–Crippen LogP) is 9.46. The van der Waals surface area contributed by atoms with E-state index in [1.54, 1.807) is 0 Å². The SMILES string of the molecule is CC1CC(n2c3c(c4ccccc42)C=CC=CC3)=CC=C1c1ccc(N2c3ccccc3C3C=CC=CC32)cc1. The van der Waals surface area contributed by atoms with Crippen LogP contribution in [0.1, 0.15) is 41.6 Å². The van der Waals surface area contributed by atoms with Crippen molar-refractivity contribution in [2.45, 2.75) is 31.7 Å². The Kier molecular flexibility index (Phi) is 5.41. The van der Waals surface area contributed by atoms with Crippen LogP contribution in [-0.2, 0) is 6.42 Å². The van der Waals surface area contributed by atoms with Gasteiger partial charge in [-0.15, -0.1) is 0 Å². The maximum atomic E-state index is 2.52. The van der Waals surface area contributed by atoms with Crippen LogP contribution in [-0.4, -0.2) is 10.6 Å². The molecule has 3 atom stereocenters. The molecule has 0 saturated carbocycles. The van der Waals surface area contributed by atoms with Crippen molar-refractivity contribution in [2.75, 3.05) is 4.90 Å². The lowest BCUT2D eigenvalue weighted by Gasteiger charge is -2.29. The molecule has 0 radical (unpaired) electrons. The lowest BCUT2D eigenvalue weighted by molar-refractivity contribution is 0.740. The van der Waals surface area contributed by atoms with Crippen molar-refractivity contribution in [1.82, 2.24) is 4.57 Å². The van der Waals surface area contributed by atoms with Gasteiger partial charge in [0.15, 0.2) is 0 Å². The molecule has 4 aliphatic rings. The summed E-state index contributed by atoms with van der Waals surface area (Å²) in [6.07, 6.45) is 24.6. The summed E-state index contributed by atoms with van der Waals surface area (Å²) in [4.78, 5) is 2.51. The summed E-state index contributed by atoms with van der Waals surface area (Å²) in [5.41, 5.74) is 12.2. The fourth-order valence-electron chi connectivity index (χ4n) is 7.24. The first-order valence-electron chi connectivity index (χ1n) is 14.5. The molecule has 40 heavy (non-hydrogen) atoms. The third-order valence-corrected chi connectivity index (χ3v) is 9.06. The Hall–Kier alpha value is -4.56. The van der Waals surface area contributed by atoms with Crippen LogP contribution in [0.3, 0.4) is 0 Å². The number of anilines is 2. The molecule has 2 heterocycles. The fraction of sp³-hybridized carbons (Fsp3) is 0.158. The molecular weight excluding hydrogens is 484 g/mol.